The van der Waals surface area contributed by atoms with Gasteiger partial charge in [0.15, 0.2) is 0 Å². The lowest BCUT2D eigenvalue weighted by Gasteiger charge is -2.55. The van der Waals surface area contributed by atoms with E-state index in [9.17, 15) is 0 Å². The summed E-state index contributed by atoms with van der Waals surface area (Å²) >= 11 is 1.85. The molecule has 4 bridgehead atoms. The van der Waals surface area contributed by atoms with Crippen LogP contribution in [-0.2, 0) is 16.7 Å². The SMILES string of the molecule is COCCNCc1nnc(C23CC4CC(CC(C4)C2)C3)s1. The number of rotatable bonds is 6. The molecule has 5 rings (SSSR count). The first-order chi connectivity index (χ1) is 10.3. The normalized spacial score (nSPS) is 37.3. The van der Waals surface area contributed by atoms with Crippen molar-refractivity contribution in [2.75, 3.05) is 20.3 Å². The smallest absolute Gasteiger partial charge is 0.131 e. The molecular weight excluding hydrogens is 282 g/mol. The topological polar surface area (TPSA) is 47.0 Å². The molecule has 1 aromatic rings. The molecular formula is C16H25N3OS. The molecule has 0 spiro atoms. The van der Waals surface area contributed by atoms with Gasteiger partial charge in [-0.15, -0.1) is 10.2 Å². The zero-order chi connectivity index (χ0) is 14.3. The second-order valence-electron chi connectivity index (χ2n) is 7.37. The number of hydrogen-bond acceptors (Lipinski definition) is 5. The number of methoxy groups -OCH3 is 1. The standard InChI is InChI=1S/C16H25N3OS/c1-20-3-2-17-10-14-18-19-15(21-14)16-7-11-4-12(8-16)6-13(5-11)9-16/h11-13,17H,2-10H2,1H3. The molecule has 0 aliphatic heterocycles. The molecule has 0 unspecified atom stereocenters. The number of ether oxygens (including phenoxy) is 1. The first-order valence-corrected chi connectivity index (χ1v) is 9.11. The molecule has 4 fully saturated rings. The van der Waals surface area contributed by atoms with Crippen LogP contribution in [0.3, 0.4) is 0 Å². The molecule has 0 radical (unpaired) electrons. The molecule has 5 heteroatoms. The van der Waals surface area contributed by atoms with Crippen molar-refractivity contribution in [2.45, 2.75) is 50.5 Å². The van der Waals surface area contributed by atoms with Gasteiger partial charge in [0.25, 0.3) is 0 Å². The van der Waals surface area contributed by atoms with E-state index in [0.717, 1.165) is 42.5 Å². The fraction of sp³-hybridized carbons (Fsp3) is 0.875. The molecule has 1 heterocycles. The fourth-order valence-corrected chi connectivity index (χ4v) is 6.31. The summed E-state index contributed by atoms with van der Waals surface area (Å²) in [6.07, 6.45) is 8.61. The molecule has 0 amide bonds. The third-order valence-electron chi connectivity index (χ3n) is 5.72. The maximum Gasteiger partial charge on any atom is 0.131 e. The highest BCUT2D eigenvalue weighted by molar-refractivity contribution is 7.11. The minimum absolute atomic E-state index is 0.400. The molecule has 0 saturated heterocycles. The number of aromatic nitrogens is 2. The van der Waals surface area contributed by atoms with Gasteiger partial charge < -0.3 is 10.1 Å². The predicted molar refractivity (Wildman–Crippen MR) is 83.3 cm³/mol. The van der Waals surface area contributed by atoms with Crippen molar-refractivity contribution in [3.8, 4) is 0 Å². The first kappa shape index (κ1) is 14.1. The highest BCUT2D eigenvalue weighted by atomic mass is 32.1. The minimum Gasteiger partial charge on any atom is -0.383 e. The minimum atomic E-state index is 0.400. The van der Waals surface area contributed by atoms with Crippen molar-refractivity contribution in [1.82, 2.24) is 15.5 Å². The van der Waals surface area contributed by atoms with Crippen LogP contribution in [0.2, 0.25) is 0 Å². The Hall–Kier alpha value is -0.520. The summed E-state index contributed by atoms with van der Waals surface area (Å²) in [7, 11) is 1.73. The van der Waals surface area contributed by atoms with Crippen LogP contribution in [0.1, 0.15) is 48.5 Å². The molecule has 116 valence electrons. The molecule has 0 aromatic carbocycles. The zero-order valence-electron chi connectivity index (χ0n) is 12.8. The Balaban J connectivity index is 1.45. The van der Waals surface area contributed by atoms with Crippen molar-refractivity contribution >= 4 is 11.3 Å². The lowest BCUT2D eigenvalue weighted by molar-refractivity contribution is -0.00555. The van der Waals surface area contributed by atoms with Gasteiger partial charge in [-0.3, -0.25) is 0 Å². The lowest BCUT2D eigenvalue weighted by atomic mass is 9.50. The molecule has 0 atom stereocenters. The van der Waals surface area contributed by atoms with Crippen molar-refractivity contribution in [2.24, 2.45) is 17.8 Å². The highest BCUT2D eigenvalue weighted by Gasteiger charge is 2.53. The number of nitrogens with zero attached hydrogens (tertiary/aromatic N) is 2. The van der Waals surface area contributed by atoms with E-state index in [4.69, 9.17) is 4.74 Å². The van der Waals surface area contributed by atoms with Gasteiger partial charge in [0, 0.05) is 25.6 Å². The van der Waals surface area contributed by atoms with Crippen LogP contribution in [0.5, 0.6) is 0 Å². The molecule has 4 aliphatic carbocycles. The van der Waals surface area contributed by atoms with E-state index in [-0.39, 0.29) is 0 Å². The average Bonchev–Trinajstić information content (AvgIpc) is 2.92. The largest absolute Gasteiger partial charge is 0.383 e. The lowest BCUT2D eigenvalue weighted by Crippen LogP contribution is -2.48. The third-order valence-corrected chi connectivity index (χ3v) is 6.89. The second kappa shape index (κ2) is 5.60. The summed E-state index contributed by atoms with van der Waals surface area (Å²) in [4.78, 5) is 0. The quantitative estimate of drug-likeness (QED) is 0.821. The van der Waals surface area contributed by atoms with Gasteiger partial charge in [0.1, 0.15) is 10.0 Å². The summed E-state index contributed by atoms with van der Waals surface area (Å²) in [5.41, 5.74) is 0.400. The van der Waals surface area contributed by atoms with Gasteiger partial charge in [-0.1, -0.05) is 11.3 Å². The average molecular weight is 307 g/mol. The molecule has 1 aromatic heterocycles. The number of hydrogen-bond donors (Lipinski definition) is 1. The Kier molecular flexibility index (Phi) is 3.76. The van der Waals surface area contributed by atoms with Gasteiger partial charge in [0.2, 0.25) is 0 Å². The highest BCUT2D eigenvalue weighted by Crippen LogP contribution is 2.60. The maximum atomic E-state index is 5.05. The van der Waals surface area contributed by atoms with Gasteiger partial charge in [-0.05, 0) is 56.3 Å². The third kappa shape index (κ3) is 2.64. The van der Waals surface area contributed by atoms with E-state index in [1.54, 1.807) is 7.11 Å². The maximum absolute atomic E-state index is 5.05. The molecule has 4 saturated carbocycles. The van der Waals surface area contributed by atoms with E-state index >= 15 is 0 Å². The zero-order valence-corrected chi connectivity index (χ0v) is 13.6. The van der Waals surface area contributed by atoms with Crippen molar-refractivity contribution in [1.29, 1.82) is 0 Å². The monoisotopic (exact) mass is 307 g/mol. The van der Waals surface area contributed by atoms with Crippen LogP contribution in [0.4, 0.5) is 0 Å². The number of nitrogens with one attached hydrogen (secondary N) is 1. The van der Waals surface area contributed by atoms with E-state index in [1.807, 2.05) is 11.3 Å². The second-order valence-corrected chi connectivity index (χ2v) is 8.43. The van der Waals surface area contributed by atoms with E-state index in [0.29, 0.717) is 5.41 Å². The Labute approximate surface area is 130 Å². The predicted octanol–water partition coefficient (Wildman–Crippen LogP) is 2.74. The summed E-state index contributed by atoms with van der Waals surface area (Å²) < 4.78 is 5.05. The van der Waals surface area contributed by atoms with Crippen LogP contribution in [0, 0.1) is 17.8 Å². The molecule has 4 aliphatic rings. The van der Waals surface area contributed by atoms with Crippen LogP contribution in [-0.4, -0.2) is 30.5 Å². The van der Waals surface area contributed by atoms with Crippen molar-refractivity contribution in [3.63, 3.8) is 0 Å². The molecule has 21 heavy (non-hydrogen) atoms. The van der Waals surface area contributed by atoms with Crippen LogP contribution in [0.15, 0.2) is 0 Å². The fourth-order valence-electron chi connectivity index (χ4n) is 5.28. The van der Waals surface area contributed by atoms with Gasteiger partial charge >= 0.3 is 0 Å². The van der Waals surface area contributed by atoms with E-state index in [2.05, 4.69) is 15.5 Å². The van der Waals surface area contributed by atoms with Gasteiger partial charge in [-0.25, -0.2) is 0 Å². The van der Waals surface area contributed by atoms with Crippen molar-refractivity contribution < 1.29 is 4.74 Å². The Morgan fingerprint density at radius 1 is 1.14 bits per heavy atom. The van der Waals surface area contributed by atoms with Crippen LogP contribution < -0.4 is 5.32 Å². The molecule has 1 N–H and O–H groups in total. The summed E-state index contributed by atoms with van der Waals surface area (Å²) in [6.45, 7) is 2.46. The van der Waals surface area contributed by atoms with E-state index in [1.165, 1.54) is 43.5 Å². The summed E-state index contributed by atoms with van der Waals surface area (Å²) in [6, 6.07) is 0. The van der Waals surface area contributed by atoms with Crippen LogP contribution >= 0.6 is 11.3 Å². The van der Waals surface area contributed by atoms with Crippen molar-refractivity contribution in [3.05, 3.63) is 10.0 Å². The van der Waals surface area contributed by atoms with E-state index < -0.39 is 0 Å². The Bertz CT molecular complexity index is 466. The Morgan fingerprint density at radius 3 is 2.43 bits per heavy atom. The Morgan fingerprint density at radius 2 is 1.81 bits per heavy atom. The van der Waals surface area contributed by atoms with Crippen LogP contribution in [0.25, 0.3) is 0 Å². The first-order valence-electron chi connectivity index (χ1n) is 8.30. The summed E-state index contributed by atoms with van der Waals surface area (Å²) in [5, 5.41) is 14.9. The molecule has 4 nitrogen and oxygen atoms in total. The van der Waals surface area contributed by atoms with Gasteiger partial charge in [0.05, 0.1) is 6.61 Å². The van der Waals surface area contributed by atoms with Gasteiger partial charge in [-0.2, -0.15) is 0 Å². The summed E-state index contributed by atoms with van der Waals surface area (Å²) in [5.74, 6) is 2.93.